The molecule has 1 saturated heterocycles. The number of carbonyl (C=O) groups is 1. The van der Waals surface area contributed by atoms with E-state index in [2.05, 4.69) is 17.1 Å². The van der Waals surface area contributed by atoms with E-state index in [-0.39, 0.29) is 12.1 Å². The molecule has 140 valence electrons. The van der Waals surface area contributed by atoms with Crippen molar-refractivity contribution in [1.82, 2.24) is 15.1 Å². The Bertz CT molecular complexity index is 546. The molecule has 1 aliphatic rings. The number of urea groups is 1. The summed E-state index contributed by atoms with van der Waals surface area (Å²) >= 11 is 6.10. The molecule has 0 aliphatic carbocycles. The highest BCUT2D eigenvalue weighted by atomic mass is 35.5. The molecule has 5 nitrogen and oxygen atoms in total. The summed E-state index contributed by atoms with van der Waals surface area (Å²) in [6, 6.07) is 8.53. The number of rotatable bonds is 7. The highest BCUT2D eigenvalue weighted by Gasteiger charge is 2.29. The lowest BCUT2D eigenvalue weighted by atomic mass is 10.0. The van der Waals surface area contributed by atoms with Crippen LogP contribution in [0.2, 0.25) is 5.02 Å². The molecule has 1 aliphatic heterocycles. The van der Waals surface area contributed by atoms with Crippen molar-refractivity contribution in [3.05, 3.63) is 34.9 Å². The van der Waals surface area contributed by atoms with Gasteiger partial charge in [0.1, 0.15) is 0 Å². The summed E-state index contributed by atoms with van der Waals surface area (Å²) in [5.74, 6) is 0. The highest BCUT2D eigenvalue weighted by molar-refractivity contribution is 6.30. The smallest absolute Gasteiger partial charge is 0.317 e. The van der Waals surface area contributed by atoms with Crippen LogP contribution in [-0.2, 0) is 6.54 Å². The normalized spacial score (nSPS) is 17.3. The van der Waals surface area contributed by atoms with E-state index in [9.17, 15) is 4.79 Å². The average Bonchev–Trinajstić information content (AvgIpc) is 2.60. The molecule has 0 saturated carbocycles. The third-order valence-electron chi connectivity index (χ3n) is 4.98. The minimum absolute atomic E-state index is 0.0101. The quantitative estimate of drug-likeness (QED) is 0.779. The minimum atomic E-state index is 0.0101. The summed E-state index contributed by atoms with van der Waals surface area (Å²) in [6.45, 7) is 8.16. The molecule has 0 bridgehead atoms. The first-order chi connectivity index (χ1) is 12.0. The van der Waals surface area contributed by atoms with Crippen molar-refractivity contribution in [3.63, 3.8) is 0 Å². The Morgan fingerprint density at radius 1 is 1.44 bits per heavy atom. The second kappa shape index (κ2) is 10.00. The SMILES string of the molecule is CCNC(=O)N(Cc1cccc(Cl)c1)C1CCN([C@H](C)CCN)CC1. The lowest BCUT2D eigenvalue weighted by molar-refractivity contribution is 0.0955. The number of benzene rings is 1. The summed E-state index contributed by atoms with van der Waals surface area (Å²) in [7, 11) is 0. The van der Waals surface area contributed by atoms with Crippen molar-refractivity contribution in [2.24, 2.45) is 5.73 Å². The molecule has 1 aromatic rings. The van der Waals surface area contributed by atoms with Gasteiger partial charge in [0.2, 0.25) is 0 Å². The molecule has 2 amide bonds. The largest absolute Gasteiger partial charge is 0.338 e. The summed E-state index contributed by atoms with van der Waals surface area (Å²) < 4.78 is 0. The van der Waals surface area contributed by atoms with Crippen LogP contribution in [0.4, 0.5) is 4.79 Å². The van der Waals surface area contributed by atoms with Gasteiger partial charge in [-0.3, -0.25) is 0 Å². The van der Waals surface area contributed by atoms with E-state index in [0.717, 1.165) is 44.5 Å². The third kappa shape index (κ3) is 5.87. The number of nitrogens with zero attached hydrogens (tertiary/aromatic N) is 2. The van der Waals surface area contributed by atoms with Crippen molar-refractivity contribution < 1.29 is 4.79 Å². The summed E-state index contributed by atoms with van der Waals surface area (Å²) in [5.41, 5.74) is 6.75. The second-order valence-electron chi connectivity index (χ2n) is 6.79. The van der Waals surface area contributed by atoms with E-state index in [1.807, 2.05) is 36.1 Å². The van der Waals surface area contributed by atoms with Gasteiger partial charge in [0.25, 0.3) is 0 Å². The lowest BCUT2D eigenvalue weighted by Crippen LogP contribution is -2.51. The Morgan fingerprint density at radius 2 is 2.16 bits per heavy atom. The monoisotopic (exact) mass is 366 g/mol. The van der Waals surface area contributed by atoms with E-state index in [1.165, 1.54) is 0 Å². The molecule has 25 heavy (non-hydrogen) atoms. The number of halogens is 1. The van der Waals surface area contributed by atoms with E-state index in [4.69, 9.17) is 17.3 Å². The van der Waals surface area contributed by atoms with E-state index >= 15 is 0 Å². The molecule has 1 aromatic carbocycles. The molecule has 3 N–H and O–H groups in total. The maximum absolute atomic E-state index is 12.6. The number of piperidine rings is 1. The zero-order valence-corrected chi connectivity index (χ0v) is 16.1. The second-order valence-corrected chi connectivity index (χ2v) is 7.22. The van der Waals surface area contributed by atoms with Crippen molar-refractivity contribution in [1.29, 1.82) is 0 Å². The molecular weight excluding hydrogens is 336 g/mol. The number of carbonyl (C=O) groups excluding carboxylic acids is 1. The topological polar surface area (TPSA) is 61.6 Å². The van der Waals surface area contributed by atoms with Crippen LogP contribution in [-0.4, -0.2) is 54.1 Å². The highest BCUT2D eigenvalue weighted by Crippen LogP contribution is 2.22. The standard InChI is InChI=1S/C19H31ClN4O/c1-3-22-19(25)24(14-16-5-4-6-17(20)13-16)18-8-11-23(12-9-18)15(2)7-10-21/h4-6,13,15,18H,3,7-12,14,21H2,1-2H3,(H,22,25)/t15-/m1/s1. The van der Waals surface area contributed by atoms with E-state index < -0.39 is 0 Å². The Hall–Kier alpha value is -1.30. The Kier molecular flexibility index (Phi) is 8.00. The Balaban J connectivity index is 2.02. The molecule has 1 fully saturated rings. The molecule has 0 unspecified atom stereocenters. The number of likely N-dealkylation sites (tertiary alicyclic amines) is 1. The number of nitrogens with one attached hydrogen (secondary N) is 1. The molecule has 1 atom stereocenters. The van der Waals surface area contributed by atoms with Crippen molar-refractivity contribution in [3.8, 4) is 0 Å². The predicted octanol–water partition coefficient (Wildman–Crippen LogP) is 3.07. The fourth-order valence-corrected chi connectivity index (χ4v) is 3.73. The molecule has 0 spiro atoms. The van der Waals surface area contributed by atoms with Gasteiger partial charge >= 0.3 is 6.03 Å². The minimum Gasteiger partial charge on any atom is -0.338 e. The first kappa shape index (κ1) is 20.0. The van der Waals surface area contributed by atoms with E-state index in [0.29, 0.717) is 24.2 Å². The summed E-state index contributed by atoms with van der Waals surface area (Å²) in [6.07, 6.45) is 3.01. The summed E-state index contributed by atoms with van der Waals surface area (Å²) in [5, 5.41) is 3.66. The van der Waals surface area contributed by atoms with E-state index in [1.54, 1.807) is 0 Å². The number of hydrogen-bond donors (Lipinski definition) is 2. The maximum atomic E-state index is 12.6. The average molecular weight is 367 g/mol. The fraction of sp³-hybridized carbons (Fsp3) is 0.632. The van der Waals surface area contributed by atoms with Crippen LogP contribution in [0, 0.1) is 0 Å². The Labute approximate surface area is 156 Å². The molecule has 0 aromatic heterocycles. The van der Waals surface area contributed by atoms with Gasteiger partial charge in [-0.15, -0.1) is 0 Å². The van der Waals surface area contributed by atoms with Crippen molar-refractivity contribution in [2.45, 2.75) is 51.7 Å². The maximum Gasteiger partial charge on any atom is 0.317 e. The van der Waals surface area contributed by atoms with Crippen LogP contribution < -0.4 is 11.1 Å². The zero-order valence-electron chi connectivity index (χ0n) is 15.4. The first-order valence-corrected chi connectivity index (χ1v) is 9.66. The van der Waals surface area contributed by atoms with Crippen LogP contribution in [0.25, 0.3) is 0 Å². The van der Waals surface area contributed by atoms with Gasteiger partial charge < -0.3 is 20.9 Å². The third-order valence-corrected chi connectivity index (χ3v) is 5.21. The fourth-order valence-electron chi connectivity index (χ4n) is 3.51. The Morgan fingerprint density at radius 3 is 2.76 bits per heavy atom. The predicted molar refractivity (Wildman–Crippen MR) is 104 cm³/mol. The zero-order chi connectivity index (χ0) is 18.2. The number of hydrogen-bond acceptors (Lipinski definition) is 3. The van der Waals surface area contributed by atoms with Gasteiger partial charge in [-0.05, 0) is 57.4 Å². The van der Waals surface area contributed by atoms with Crippen molar-refractivity contribution >= 4 is 17.6 Å². The van der Waals surface area contributed by atoms with Crippen LogP contribution >= 0.6 is 11.6 Å². The van der Waals surface area contributed by atoms with Crippen LogP contribution in [0.3, 0.4) is 0 Å². The van der Waals surface area contributed by atoms with Gasteiger partial charge in [-0.2, -0.15) is 0 Å². The molecule has 0 radical (unpaired) electrons. The van der Waals surface area contributed by atoms with Gasteiger partial charge in [-0.25, -0.2) is 4.79 Å². The lowest BCUT2D eigenvalue weighted by Gasteiger charge is -2.40. The van der Waals surface area contributed by atoms with Gasteiger partial charge in [-0.1, -0.05) is 23.7 Å². The van der Waals surface area contributed by atoms with Crippen LogP contribution in [0.5, 0.6) is 0 Å². The first-order valence-electron chi connectivity index (χ1n) is 9.28. The summed E-state index contributed by atoms with van der Waals surface area (Å²) in [4.78, 5) is 17.1. The van der Waals surface area contributed by atoms with Crippen LogP contribution in [0.1, 0.15) is 38.7 Å². The molecule has 6 heteroatoms. The van der Waals surface area contributed by atoms with Crippen molar-refractivity contribution in [2.75, 3.05) is 26.2 Å². The molecule has 1 heterocycles. The number of amides is 2. The number of nitrogens with two attached hydrogens (primary N) is 1. The van der Waals surface area contributed by atoms with Crippen LogP contribution in [0.15, 0.2) is 24.3 Å². The molecule has 2 rings (SSSR count). The van der Waals surface area contributed by atoms with Gasteiger partial charge in [0.05, 0.1) is 0 Å². The molecular formula is C19H31ClN4O. The van der Waals surface area contributed by atoms with Gasteiger partial charge in [0, 0.05) is 43.3 Å². The van der Waals surface area contributed by atoms with Gasteiger partial charge in [0.15, 0.2) is 0 Å².